The Morgan fingerprint density at radius 2 is 2.09 bits per heavy atom. The number of nitrogens with zero attached hydrogens (tertiary/aromatic N) is 3. The minimum absolute atomic E-state index is 0.0107. The topological polar surface area (TPSA) is 228 Å². The maximum absolute atomic E-state index is 12.8. The van der Waals surface area contributed by atoms with Crippen molar-refractivity contribution in [3.63, 3.8) is 0 Å². The number of amides is 3. The van der Waals surface area contributed by atoms with Gasteiger partial charge in [0, 0.05) is 16.0 Å². The largest absolute Gasteiger partial charge is 0.479 e. The Kier molecular flexibility index (Phi) is 7.44. The van der Waals surface area contributed by atoms with Gasteiger partial charge in [0.1, 0.15) is 22.8 Å². The summed E-state index contributed by atoms with van der Waals surface area (Å²) in [6, 6.07) is -1.08. The lowest BCUT2D eigenvalue weighted by Gasteiger charge is -2.49. The van der Waals surface area contributed by atoms with Crippen molar-refractivity contribution in [2.24, 2.45) is 10.9 Å². The molecule has 0 radical (unpaired) electrons. The number of hydrogen-bond acceptors (Lipinski definition) is 12. The van der Waals surface area contributed by atoms with Gasteiger partial charge in [-0.05, 0) is 0 Å². The third-order valence-electron chi connectivity index (χ3n) is 4.13. The van der Waals surface area contributed by atoms with Gasteiger partial charge in [-0.1, -0.05) is 5.16 Å². The molecule has 33 heavy (non-hydrogen) atoms. The van der Waals surface area contributed by atoms with E-state index in [1.165, 1.54) is 17.1 Å². The summed E-state index contributed by atoms with van der Waals surface area (Å²) < 4.78 is 0. The van der Waals surface area contributed by atoms with Crippen LogP contribution in [0.3, 0.4) is 0 Å². The van der Waals surface area contributed by atoms with E-state index >= 15 is 0 Å². The van der Waals surface area contributed by atoms with Gasteiger partial charge < -0.3 is 31.8 Å². The second kappa shape index (κ2) is 10.1. The van der Waals surface area contributed by atoms with Crippen LogP contribution in [0.5, 0.6) is 0 Å². The Labute approximate surface area is 197 Å². The van der Waals surface area contributed by atoms with Crippen molar-refractivity contribution < 1.29 is 39.0 Å². The van der Waals surface area contributed by atoms with Gasteiger partial charge in [0.2, 0.25) is 12.5 Å². The molecule has 176 valence electrons. The molecular formula is C16H16N6O8S3. The van der Waals surface area contributed by atoms with Crippen LogP contribution in [0.15, 0.2) is 21.1 Å². The number of thioether (sulfide) groups is 2. The van der Waals surface area contributed by atoms with Crippen LogP contribution >= 0.6 is 34.9 Å². The number of carboxylic acids is 2. The van der Waals surface area contributed by atoms with Crippen LogP contribution in [0, 0.1) is 0 Å². The lowest BCUT2D eigenvalue weighted by Crippen LogP contribution is -2.71. The second-order valence-electron chi connectivity index (χ2n) is 6.37. The quantitative estimate of drug-likeness (QED) is 0.135. The molecule has 1 saturated heterocycles. The number of carbonyl (C=O) groups excluding carboxylic acids is 3. The first-order chi connectivity index (χ1) is 15.6. The predicted octanol–water partition coefficient (Wildman–Crippen LogP) is -1.55. The van der Waals surface area contributed by atoms with E-state index < -0.39 is 53.4 Å². The minimum atomic E-state index is -1.35. The Hall–Kier alpha value is -3.31. The predicted molar refractivity (Wildman–Crippen MR) is 118 cm³/mol. The second-order valence-corrected chi connectivity index (χ2v) is 9.44. The van der Waals surface area contributed by atoms with Gasteiger partial charge in [0.05, 0.1) is 5.75 Å². The molecule has 0 spiro atoms. The van der Waals surface area contributed by atoms with Crippen LogP contribution in [-0.2, 0) is 28.8 Å². The van der Waals surface area contributed by atoms with Crippen LogP contribution in [0.1, 0.15) is 5.69 Å². The highest BCUT2D eigenvalue weighted by Crippen LogP contribution is 2.43. The number of carboxylic acid groups (broad SMARTS) is 2. The molecule has 3 amide bonds. The average Bonchev–Trinajstić information content (AvgIpc) is 3.17. The molecule has 3 heterocycles. The van der Waals surface area contributed by atoms with E-state index in [0.29, 0.717) is 4.91 Å². The molecule has 1 aromatic rings. The van der Waals surface area contributed by atoms with Gasteiger partial charge in [0.25, 0.3) is 11.8 Å². The van der Waals surface area contributed by atoms with Crippen molar-refractivity contribution in [2.75, 3.05) is 23.8 Å². The summed E-state index contributed by atoms with van der Waals surface area (Å²) in [5.74, 6) is -4.84. The molecule has 3 rings (SSSR count). The van der Waals surface area contributed by atoms with E-state index in [1.54, 1.807) is 0 Å². The normalized spacial score (nSPS) is 20.1. The van der Waals surface area contributed by atoms with Crippen LogP contribution in [0.2, 0.25) is 0 Å². The molecule has 1 fully saturated rings. The standard InChI is InChI=1S/C16H16N6O8S3/c17-7(23)4-31-6-3-32-14-10(13(27)22(14)11(6)15(28)29)20-12(26)9(21-30-1-8(24)25)5-2-33-16(18)19-5/h2,10,14H,1,3-4H2,(H2,17,23)(H2,18,19)(H,20,26)(H,24,25)(H,28,29)/b21-9+/t10-,14-/m1/s1. The zero-order valence-electron chi connectivity index (χ0n) is 16.4. The fourth-order valence-electron chi connectivity index (χ4n) is 2.82. The molecule has 0 bridgehead atoms. The van der Waals surface area contributed by atoms with Crippen LogP contribution in [0.4, 0.5) is 5.13 Å². The molecule has 2 aliphatic heterocycles. The number of aromatic nitrogens is 1. The molecule has 0 aromatic carbocycles. The lowest BCUT2D eigenvalue weighted by molar-refractivity contribution is -0.150. The number of carbonyl (C=O) groups is 5. The number of anilines is 1. The molecular weight excluding hydrogens is 500 g/mol. The summed E-state index contributed by atoms with van der Waals surface area (Å²) in [7, 11) is 0. The van der Waals surface area contributed by atoms with Gasteiger partial charge in [0.15, 0.2) is 10.8 Å². The van der Waals surface area contributed by atoms with Crippen LogP contribution in [-0.4, -0.2) is 85.0 Å². The van der Waals surface area contributed by atoms with Crippen LogP contribution in [0.25, 0.3) is 0 Å². The number of thiazole rings is 1. The maximum atomic E-state index is 12.8. The van der Waals surface area contributed by atoms with Crippen molar-refractivity contribution in [3.05, 3.63) is 21.7 Å². The number of rotatable bonds is 10. The van der Waals surface area contributed by atoms with Crippen LogP contribution < -0.4 is 16.8 Å². The van der Waals surface area contributed by atoms with E-state index in [0.717, 1.165) is 28.0 Å². The number of hydrogen-bond donors (Lipinski definition) is 5. The van der Waals surface area contributed by atoms with Gasteiger partial charge in [-0.15, -0.1) is 34.9 Å². The van der Waals surface area contributed by atoms with Gasteiger partial charge in [-0.2, -0.15) is 0 Å². The van der Waals surface area contributed by atoms with E-state index in [-0.39, 0.29) is 28.0 Å². The first-order valence-corrected chi connectivity index (χ1v) is 11.8. The van der Waals surface area contributed by atoms with Gasteiger partial charge in [-0.25, -0.2) is 14.6 Å². The number of nitrogen functional groups attached to an aromatic ring is 1. The van der Waals surface area contributed by atoms with Gasteiger partial charge >= 0.3 is 11.9 Å². The Morgan fingerprint density at radius 1 is 1.36 bits per heavy atom. The summed E-state index contributed by atoms with van der Waals surface area (Å²) in [5.41, 5.74) is 10.0. The van der Waals surface area contributed by atoms with Gasteiger partial charge in [-0.3, -0.25) is 19.3 Å². The number of β-lactam (4-membered cyclic amide) rings is 1. The molecule has 2 aliphatic rings. The van der Waals surface area contributed by atoms with Crippen molar-refractivity contribution in [3.8, 4) is 0 Å². The van der Waals surface area contributed by atoms with Crippen molar-refractivity contribution >= 4 is 75.4 Å². The smallest absolute Gasteiger partial charge is 0.353 e. The van der Waals surface area contributed by atoms with E-state index in [1.807, 2.05) is 0 Å². The van der Waals surface area contributed by atoms with E-state index in [4.69, 9.17) is 16.6 Å². The lowest BCUT2D eigenvalue weighted by atomic mass is 10.0. The molecule has 1 aromatic heterocycles. The summed E-state index contributed by atoms with van der Waals surface area (Å²) >= 11 is 3.13. The first-order valence-electron chi connectivity index (χ1n) is 8.86. The number of fused-ring (bicyclic) bond motifs is 1. The van der Waals surface area contributed by atoms with E-state index in [2.05, 4.69) is 20.3 Å². The first kappa shape index (κ1) is 24.3. The summed E-state index contributed by atoms with van der Waals surface area (Å²) in [5, 5.41) is 25.0. The third kappa shape index (κ3) is 5.37. The Morgan fingerprint density at radius 3 is 2.67 bits per heavy atom. The van der Waals surface area contributed by atoms with E-state index in [9.17, 15) is 29.1 Å². The average molecular weight is 517 g/mol. The number of aliphatic carboxylic acids is 2. The summed E-state index contributed by atoms with van der Waals surface area (Å²) in [6.45, 7) is -0.816. The zero-order valence-corrected chi connectivity index (χ0v) is 18.9. The molecule has 2 atom stereocenters. The van der Waals surface area contributed by atoms with Crippen molar-refractivity contribution in [1.29, 1.82) is 0 Å². The fraction of sp³-hybridized carbons (Fsp3) is 0.312. The number of nitrogens with one attached hydrogen (secondary N) is 1. The van der Waals surface area contributed by atoms with Crippen molar-refractivity contribution in [2.45, 2.75) is 11.4 Å². The number of primary amides is 1. The maximum Gasteiger partial charge on any atom is 0.353 e. The monoisotopic (exact) mass is 516 g/mol. The zero-order chi connectivity index (χ0) is 24.3. The third-order valence-corrected chi connectivity index (χ3v) is 7.39. The number of nitrogens with two attached hydrogens (primary N) is 2. The highest BCUT2D eigenvalue weighted by Gasteiger charge is 2.54. The fourth-order valence-corrected chi connectivity index (χ4v) is 5.74. The van der Waals surface area contributed by atoms with Crippen molar-refractivity contribution in [1.82, 2.24) is 15.2 Å². The highest BCUT2D eigenvalue weighted by atomic mass is 32.2. The number of oxime groups is 1. The molecule has 14 nitrogen and oxygen atoms in total. The highest BCUT2D eigenvalue weighted by molar-refractivity contribution is 8.06. The summed E-state index contributed by atoms with van der Waals surface area (Å²) in [6.07, 6.45) is 0. The minimum Gasteiger partial charge on any atom is -0.479 e. The molecule has 0 aliphatic carbocycles. The molecule has 0 unspecified atom stereocenters. The molecule has 17 heteroatoms. The Balaban J connectivity index is 1.78. The molecule has 0 saturated carbocycles. The molecule has 7 N–H and O–H groups in total. The summed E-state index contributed by atoms with van der Waals surface area (Å²) in [4.78, 5) is 68.9. The SMILES string of the molecule is NC(=O)CSC1=C(C(=O)O)N2C(=O)[C@@H](NC(=O)/C(=N/OCC(=O)O)c3csc(N)n3)[C@H]2SC1. The Bertz CT molecular complexity index is 1090.